The van der Waals surface area contributed by atoms with Gasteiger partial charge in [0.25, 0.3) is 5.91 Å². The Hall–Kier alpha value is -3.89. The number of ether oxygens (including phenoxy) is 1. The molecule has 3 aromatic heterocycles. The molecule has 170 valence electrons. The summed E-state index contributed by atoms with van der Waals surface area (Å²) in [6.07, 6.45) is 0. The second-order valence-electron chi connectivity index (χ2n) is 7.33. The molecule has 0 saturated heterocycles. The van der Waals surface area contributed by atoms with E-state index in [1.165, 1.54) is 34.8 Å². The number of esters is 1. The number of aryl methyl sites for hydroxylation is 1. The van der Waals surface area contributed by atoms with Crippen molar-refractivity contribution in [2.45, 2.75) is 6.92 Å². The van der Waals surface area contributed by atoms with E-state index < -0.39 is 18.5 Å². The summed E-state index contributed by atoms with van der Waals surface area (Å²) in [5.74, 6) is -1.41. The summed E-state index contributed by atoms with van der Waals surface area (Å²) in [5.41, 5.74) is 3.04. The Kier molecular flexibility index (Phi) is 5.91. The van der Waals surface area contributed by atoms with Crippen LogP contribution >= 0.6 is 22.7 Å². The molecule has 2 aromatic carbocycles. The van der Waals surface area contributed by atoms with Crippen molar-refractivity contribution in [1.82, 2.24) is 14.8 Å². The molecule has 5 rings (SSSR count). The molecule has 0 bridgehead atoms. The van der Waals surface area contributed by atoms with Crippen LogP contribution in [0.2, 0.25) is 0 Å². The van der Waals surface area contributed by atoms with Crippen molar-refractivity contribution in [2.24, 2.45) is 0 Å². The molecule has 0 fully saturated rings. The summed E-state index contributed by atoms with van der Waals surface area (Å²) in [6.45, 7) is 1.44. The normalized spacial score (nSPS) is 11.0. The summed E-state index contributed by atoms with van der Waals surface area (Å²) in [4.78, 5) is 30.4. The number of hydrogen-bond acceptors (Lipinski definition) is 7. The maximum absolute atomic E-state index is 13.1. The van der Waals surface area contributed by atoms with Gasteiger partial charge in [-0.15, -0.1) is 22.7 Å². The molecule has 0 aliphatic rings. The number of para-hydroxylation sites is 1. The fraction of sp³-hybridized carbons (Fsp3) is 0.0833. The first kappa shape index (κ1) is 21.9. The van der Waals surface area contributed by atoms with Crippen LogP contribution in [0.15, 0.2) is 66.0 Å². The molecule has 0 aliphatic heterocycles. The number of carbonyl (C=O) groups excluding carboxylic acids is 2. The van der Waals surface area contributed by atoms with Crippen LogP contribution in [0.4, 0.5) is 9.52 Å². The van der Waals surface area contributed by atoms with Gasteiger partial charge < -0.3 is 4.74 Å². The van der Waals surface area contributed by atoms with Gasteiger partial charge >= 0.3 is 5.97 Å². The summed E-state index contributed by atoms with van der Waals surface area (Å²) in [7, 11) is 0. The minimum absolute atomic E-state index is 0.333. The average Bonchev–Trinajstić information content (AvgIpc) is 3.56. The van der Waals surface area contributed by atoms with Crippen molar-refractivity contribution in [3.63, 3.8) is 0 Å². The van der Waals surface area contributed by atoms with Crippen molar-refractivity contribution >= 4 is 49.9 Å². The van der Waals surface area contributed by atoms with Crippen molar-refractivity contribution < 1.29 is 18.7 Å². The predicted molar refractivity (Wildman–Crippen MR) is 130 cm³/mol. The van der Waals surface area contributed by atoms with E-state index in [1.54, 1.807) is 28.3 Å². The van der Waals surface area contributed by atoms with Crippen LogP contribution < -0.4 is 5.32 Å². The van der Waals surface area contributed by atoms with Crippen molar-refractivity contribution in [3.05, 3.63) is 82.4 Å². The standard InChI is InChI=1S/C24H17FN4O3S2/c1-14-18-11-20(34-22(18)29(28-14)17-5-3-2-4-6-17)23(31)32-12-21(30)27-24-26-19(13-33-24)15-7-9-16(25)10-8-15/h2-11,13H,12H2,1H3,(H,26,27,30). The lowest BCUT2D eigenvalue weighted by Gasteiger charge is -2.03. The van der Waals surface area contributed by atoms with Crippen LogP contribution in [0.5, 0.6) is 0 Å². The first-order valence-electron chi connectivity index (χ1n) is 10.2. The van der Waals surface area contributed by atoms with Crippen LogP contribution in [-0.4, -0.2) is 33.2 Å². The molecule has 1 N–H and O–H groups in total. The van der Waals surface area contributed by atoms with Gasteiger partial charge in [0.05, 0.1) is 17.1 Å². The van der Waals surface area contributed by atoms with Crippen LogP contribution in [0.3, 0.4) is 0 Å². The van der Waals surface area contributed by atoms with Crippen LogP contribution in [0.1, 0.15) is 15.4 Å². The number of halogens is 1. The topological polar surface area (TPSA) is 86.1 Å². The molecule has 0 atom stereocenters. The van der Waals surface area contributed by atoms with E-state index in [0.29, 0.717) is 15.7 Å². The number of thiazole rings is 1. The van der Waals surface area contributed by atoms with E-state index >= 15 is 0 Å². The van der Waals surface area contributed by atoms with Crippen molar-refractivity contribution in [3.8, 4) is 16.9 Å². The van der Waals surface area contributed by atoms with E-state index in [-0.39, 0.29) is 5.82 Å². The Labute approximate surface area is 201 Å². The Morgan fingerprint density at radius 1 is 1.12 bits per heavy atom. The molecule has 0 spiro atoms. The molecule has 1 amide bonds. The smallest absolute Gasteiger partial charge is 0.348 e. The first-order valence-corrected chi connectivity index (χ1v) is 11.9. The van der Waals surface area contributed by atoms with Gasteiger partial charge in [0, 0.05) is 16.3 Å². The monoisotopic (exact) mass is 492 g/mol. The number of anilines is 1. The van der Waals surface area contributed by atoms with Crippen LogP contribution in [0, 0.1) is 12.7 Å². The molecule has 0 radical (unpaired) electrons. The highest BCUT2D eigenvalue weighted by Gasteiger charge is 2.19. The van der Waals surface area contributed by atoms with Gasteiger partial charge in [0.2, 0.25) is 0 Å². The molecule has 0 unspecified atom stereocenters. The number of benzene rings is 2. The summed E-state index contributed by atoms with van der Waals surface area (Å²) >= 11 is 2.49. The largest absolute Gasteiger partial charge is 0.451 e. The predicted octanol–water partition coefficient (Wildman–Crippen LogP) is 5.45. The average molecular weight is 493 g/mol. The highest BCUT2D eigenvalue weighted by Crippen LogP contribution is 2.31. The molecule has 0 saturated carbocycles. The van der Waals surface area contributed by atoms with Gasteiger partial charge in [-0.2, -0.15) is 5.10 Å². The zero-order chi connectivity index (χ0) is 23.7. The van der Waals surface area contributed by atoms with Crippen LogP contribution in [0.25, 0.3) is 27.2 Å². The summed E-state index contributed by atoms with van der Waals surface area (Å²) < 4.78 is 20.1. The number of rotatable bonds is 6. The van der Waals surface area contributed by atoms with E-state index in [2.05, 4.69) is 15.4 Å². The maximum atomic E-state index is 13.1. The van der Waals surface area contributed by atoms with Gasteiger partial charge in [0.1, 0.15) is 15.5 Å². The minimum atomic E-state index is -0.582. The van der Waals surface area contributed by atoms with Gasteiger partial charge in [-0.25, -0.2) is 18.9 Å². The summed E-state index contributed by atoms with van der Waals surface area (Å²) in [6, 6.07) is 17.3. The van der Waals surface area contributed by atoms with Gasteiger partial charge in [0.15, 0.2) is 11.7 Å². The number of carbonyl (C=O) groups is 2. The zero-order valence-electron chi connectivity index (χ0n) is 17.8. The Morgan fingerprint density at radius 2 is 1.88 bits per heavy atom. The molecule has 0 aliphatic carbocycles. The van der Waals surface area contributed by atoms with Gasteiger partial charge in [-0.3, -0.25) is 10.1 Å². The Balaban J connectivity index is 1.23. The second-order valence-corrected chi connectivity index (χ2v) is 9.22. The molecule has 34 heavy (non-hydrogen) atoms. The van der Waals surface area contributed by atoms with Crippen LogP contribution in [-0.2, 0) is 9.53 Å². The molecule has 10 heteroatoms. The Bertz CT molecular complexity index is 1490. The third-order valence-electron chi connectivity index (χ3n) is 4.97. The van der Waals surface area contributed by atoms with Gasteiger partial charge in [-0.1, -0.05) is 18.2 Å². The number of amides is 1. The molecule has 3 heterocycles. The van der Waals surface area contributed by atoms with Gasteiger partial charge in [-0.05, 0) is 49.4 Å². The fourth-order valence-corrected chi connectivity index (χ4v) is 5.15. The number of nitrogens with zero attached hydrogens (tertiary/aromatic N) is 3. The second kappa shape index (κ2) is 9.16. The fourth-order valence-electron chi connectivity index (χ4n) is 3.33. The molecule has 7 nitrogen and oxygen atoms in total. The zero-order valence-corrected chi connectivity index (χ0v) is 19.5. The molecule has 5 aromatic rings. The quantitative estimate of drug-likeness (QED) is 0.319. The molecular formula is C24H17FN4O3S2. The van der Waals surface area contributed by atoms with E-state index in [9.17, 15) is 14.0 Å². The first-order chi connectivity index (χ1) is 16.5. The van der Waals surface area contributed by atoms with E-state index in [4.69, 9.17) is 4.74 Å². The number of aromatic nitrogens is 3. The molecular weight excluding hydrogens is 475 g/mol. The number of fused-ring (bicyclic) bond motifs is 1. The Morgan fingerprint density at radius 3 is 2.65 bits per heavy atom. The number of hydrogen-bond donors (Lipinski definition) is 1. The third kappa shape index (κ3) is 4.45. The lowest BCUT2D eigenvalue weighted by Crippen LogP contribution is -2.20. The lowest BCUT2D eigenvalue weighted by atomic mass is 10.2. The SMILES string of the molecule is Cc1nn(-c2ccccc2)c2sc(C(=O)OCC(=O)Nc3nc(-c4ccc(F)cc4)cs3)cc12. The minimum Gasteiger partial charge on any atom is -0.451 e. The van der Waals surface area contributed by atoms with E-state index in [0.717, 1.165) is 27.2 Å². The van der Waals surface area contributed by atoms with E-state index in [1.807, 2.05) is 37.3 Å². The van der Waals surface area contributed by atoms with Crippen molar-refractivity contribution in [1.29, 1.82) is 0 Å². The summed E-state index contributed by atoms with van der Waals surface area (Å²) in [5, 5.41) is 10.2. The lowest BCUT2D eigenvalue weighted by molar-refractivity contribution is -0.119. The highest BCUT2D eigenvalue weighted by atomic mass is 32.1. The van der Waals surface area contributed by atoms with Crippen molar-refractivity contribution in [2.75, 3.05) is 11.9 Å². The number of thiophene rings is 1. The maximum Gasteiger partial charge on any atom is 0.348 e. The third-order valence-corrected chi connectivity index (χ3v) is 6.82. The number of nitrogens with one attached hydrogen (secondary N) is 1. The highest BCUT2D eigenvalue weighted by molar-refractivity contribution is 7.20.